The lowest BCUT2D eigenvalue weighted by molar-refractivity contribution is -0.146. The molecular formula is C25H23F4N3O3. The summed E-state index contributed by atoms with van der Waals surface area (Å²) in [5.74, 6) is -1.30. The number of aromatic nitrogens is 3. The average Bonchev–Trinajstić information content (AvgIpc) is 3.58. The van der Waals surface area contributed by atoms with Crippen LogP contribution in [0.5, 0.6) is 5.75 Å². The highest BCUT2D eigenvalue weighted by atomic mass is 19.4. The Morgan fingerprint density at radius 3 is 2.66 bits per heavy atom. The predicted octanol–water partition coefficient (Wildman–Crippen LogP) is 4.77. The van der Waals surface area contributed by atoms with Gasteiger partial charge in [-0.2, -0.15) is 13.2 Å². The molecule has 35 heavy (non-hydrogen) atoms. The first-order valence-corrected chi connectivity index (χ1v) is 11.1. The predicted molar refractivity (Wildman–Crippen MR) is 119 cm³/mol. The summed E-state index contributed by atoms with van der Waals surface area (Å²) in [6.45, 7) is 0.118. The number of pyridine rings is 1. The Kier molecular flexibility index (Phi) is 5.88. The number of hydrogen-bond acceptors (Lipinski definition) is 5. The number of hydrogen-bond donors (Lipinski definition) is 1. The highest BCUT2D eigenvalue weighted by Gasteiger charge is 2.51. The third-order valence-electron chi connectivity index (χ3n) is 6.79. The van der Waals surface area contributed by atoms with Gasteiger partial charge in [-0.15, -0.1) is 0 Å². The van der Waals surface area contributed by atoms with Gasteiger partial charge in [0.05, 0.1) is 19.3 Å². The molecule has 1 spiro atoms. The number of methoxy groups -OCH3 is 1. The topological polar surface area (TPSA) is 69.4 Å². The molecule has 0 unspecified atom stereocenters. The van der Waals surface area contributed by atoms with Crippen molar-refractivity contribution in [1.29, 1.82) is 0 Å². The highest BCUT2D eigenvalue weighted by molar-refractivity contribution is 5.72. The summed E-state index contributed by atoms with van der Waals surface area (Å²) < 4.78 is 66.4. The van der Waals surface area contributed by atoms with E-state index in [9.17, 15) is 22.7 Å². The molecule has 3 aromatic rings. The van der Waals surface area contributed by atoms with Gasteiger partial charge in [-0.25, -0.2) is 14.4 Å². The van der Waals surface area contributed by atoms with Gasteiger partial charge in [-0.3, -0.25) is 4.57 Å². The molecule has 0 bridgehead atoms. The third kappa shape index (κ3) is 4.10. The molecule has 0 saturated heterocycles. The summed E-state index contributed by atoms with van der Waals surface area (Å²) in [6.07, 6.45) is 0.904. The maximum Gasteiger partial charge on any atom is 0.450 e. The Morgan fingerprint density at radius 2 is 1.97 bits per heavy atom. The van der Waals surface area contributed by atoms with Crippen LogP contribution in [0.4, 0.5) is 17.6 Å². The van der Waals surface area contributed by atoms with Crippen LogP contribution in [0.15, 0.2) is 54.9 Å². The van der Waals surface area contributed by atoms with E-state index in [1.807, 2.05) is 6.08 Å². The highest BCUT2D eigenvalue weighted by Crippen LogP contribution is 2.53. The number of benzene rings is 1. The zero-order valence-electron chi connectivity index (χ0n) is 18.8. The number of aliphatic hydroxyl groups excluding tert-OH is 1. The molecule has 1 fully saturated rings. The van der Waals surface area contributed by atoms with Crippen molar-refractivity contribution >= 4 is 5.57 Å². The van der Waals surface area contributed by atoms with E-state index in [-0.39, 0.29) is 36.7 Å². The smallest absolute Gasteiger partial charge is 0.450 e. The van der Waals surface area contributed by atoms with Crippen LogP contribution in [0, 0.1) is 11.7 Å². The minimum atomic E-state index is -4.64. The number of alkyl halides is 3. The molecule has 6 nitrogen and oxygen atoms in total. The molecule has 1 aliphatic carbocycles. The van der Waals surface area contributed by atoms with Crippen LogP contribution < -0.4 is 4.74 Å². The molecule has 5 rings (SSSR count). The van der Waals surface area contributed by atoms with Gasteiger partial charge >= 0.3 is 6.18 Å². The Morgan fingerprint density at radius 1 is 1.20 bits per heavy atom. The number of rotatable bonds is 5. The Bertz CT molecular complexity index is 1260. The van der Waals surface area contributed by atoms with Gasteiger partial charge in [0, 0.05) is 30.5 Å². The van der Waals surface area contributed by atoms with Gasteiger partial charge in [0.1, 0.15) is 23.1 Å². The maximum atomic E-state index is 13.6. The number of nitrogens with zero attached hydrogens (tertiary/aromatic N) is 3. The summed E-state index contributed by atoms with van der Waals surface area (Å²) in [7, 11) is 1.46. The van der Waals surface area contributed by atoms with Crippen molar-refractivity contribution in [2.75, 3.05) is 20.3 Å². The van der Waals surface area contributed by atoms with Gasteiger partial charge < -0.3 is 14.6 Å². The van der Waals surface area contributed by atoms with Crippen LogP contribution in [0.1, 0.15) is 35.8 Å². The van der Waals surface area contributed by atoms with Crippen LogP contribution in [0.25, 0.3) is 11.4 Å². The fourth-order valence-electron chi connectivity index (χ4n) is 5.27. The lowest BCUT2D eigenvalue weighted by Gasteiger charge is -2.32. The van der Waals surface area contributed by atoms with E-state index in [4.69, 9.17) is 9.47 Å². The molecule has 1 aromatic carbocycles. The second-order valence-corrected chi connectivity index (χ2v) is 8.76. The molecule has 2 aromatic heterocycles. The lowest BCUT2D eigenvalue weighted by Crippen LogP contribution is -2.33. The number of aliphatic hydroxyl groups is 1. The molecular weight excluding hydrogens is 466 g/mol. The third-order valence-corrected chi connectivity index (χ3v) is 6.79. The Balaban J connectivity index is 1.57. The maximum absolute atomic E-state index is 13.6. The summed E-state index contributed by atoms with van der Waals surface area (Å²) in [6, 6.07) is 9.15. The number of imidazole rings is 1. The fourth-order valence-corrected chi connectivity index (χ4v) is 5.27. The van der Waals surface area contributed by atoms with Crippen molar-refractivity contribution in [3.05, 3.63) is 77.8 Å². The number of halogens is 4. The zero-order chi connectivity index (χ0) is 24.8. The monoisotopic (exact) mass is 489 g/mol. The van der Waals surface area contributed by atoms with Crippen LogP contribution >= 0.6 is 0 Å². The summed E-state index contributed by atoms with van der Waals surface area (Å²) in [4.78, 5) is 7.93. The second kappa shape index (κ2) is 8.76. The lowest BCUT2D eigenvalue weighted by atomic mass is 9.80. The standard InChI is InChI=1S/C25H23F4N3O3/c1-34-19-6-7-20(32-11-10-30-23(32)25(27,28)29)31-22(19)17-12-24(35-14-17)9-8-16(13-33)21(24)15-2-4-18(26)5-3-15/h2-7,10-12,16,21,33H,8-9,13-14H2,1H3/t16-,21-,24+/m1/s1. The van der Waals surface area contributed by atoms with Crippen LogP contribution in [0.2, 0.25) is 0 Å². The molecule has 0 amide bonds. The molecule has 184 valence electrons. The van der Waals surface area contributed by atoms with E-state index in [1.165, 1.54) is 31.5 Å². The largest absolute Gasteiger partial charge is 0.494 e. The zero-order valence-corrected chi connectivity index (χ0v) is 18.8. The summed E-state index contributed by atoms with van der Waals surface area (Å²) >= 11 is 0. The molecule has 1 N–H and O–H groups in total. The van der Waals surface area contributed by atoms with E-state index in [2.05, 4.69) is 9.97 Å². The summed E-state index contributed by atoms with van der Waals surface area (Å²) in [5, 5.41) is 10.0. The molecule has 1 aliphatic heterocycles. The van der Waals surface area contributed by atoms with E-state index in [0.717, 1.165) is 16.3 Å². The van der Waals surface area contributed by atoms with Gasteiger partial charge in [0.2, 0.25) is 5.82 Å². The van der Waals surface area contributed by atoms with Crippen molar-refractivity contribution in [1.82, 2.24) is 14.5 Å². The molecule has 3 heterocycles. The van der Waals surface area contributed by atoms with Gasteiger partial charge in [0.25, 0.3) is 0 Å². The van der Waals surface area contributed by atoms with Crippen LogP contribution in [0.3, 0.4) is 0 Å². The van der Waals surface area contributed by atoms with Crippen molar-refractivity contribution < 1.29 is 32.1 Å². The van der Waals surface area contributed by atoms with Gasteiger partial charge in [-0.1, -0.05) is 12.1 Å². The number of ether oxygens (including phenoxy) is 2. The molecule has 10 heteroatoms. The van der Waals surface area contributed by atoms with E-state index in [0.29, 0.717) is 29.9 Å². The van der Waals surface area contributed by atoms with Crippen molar-refractivity contribution in [2.24, 2.45) is 5.92 Å². The van der Waals surface area contributed by atoms with E-state index >= 15 is 0 Å². The molecule has 1 saturated carbocycles. The first kappa shape index (κ1) is 23.5. The molecule has 0 radical (unpaired) electrons. The summed E-state index contributed by atoms with van der Waals surface area (Å²) in [5.41, 5.74) is 1.13. The van der Waals surface area contributed by atoms with Gasteiger partial charge in [0.15, 0.2) is 0 Å². The Hall–Kier alpha value is -3.24. The normalized spacial score (nSPS) is 24.2. The van der Waals surface area contributed by atoms with Crippen LogP contribution in [-0.2, 0) is 10.9 Å². The van der Waals surface area contributed by atoms with E-state index in [1.54, 1.807) is 18.2 Å². The van der Waals surface area contributed by atoms with Crippen molar-refractivity contribution in [3.8, 4) is 11.6 Å². The minimum absolute atomic E-state index is 0.0437. The van der Waals surface area contributed by atoms with E-state index < -0.39 is 17.6 Å². The fraction of sp³-hybridized carbons (Fsp3) is 0.360. The second-order valence-electron chi connectivity index (χ2n) is 8.76. The minimum Gasteiger partial charge on any atom is -0.494 e. The Labute approximate surface area is 198 Å². The first-order chi connectivity index (χ1) is 16.8. The molecule has 2 aliphatic rings. The molecule has 3 atom stereocenters. The first-order valence-electron chi connectivity index (χ1n) is 11.1. The van der Waals surface area contributed by atoms with Crippen molar-refractivity contribution in [3.63, 3.8) is 0 Å². The quantitative estimate of drug-likeness (QED) is 0.523. The van der Waals surface area contributed by atoms with Gasteiger partial charge in [-0.05, 0) is 54.7 Å². The SMILES string of the molecule is COc1ccc(-n2ccnc2C(F)(F)F)nc1C1=C[C@]2(CC[C@H](CO)[C@H]2c2ccc(F)cc2)OC1. The average molecular weight is 489 g/mol. The van der Waals surface area contributed by atoms with Crippen molar-refractivity contribution in [2.45, 2.75) is 30.5 Å². The van der Waals surface area contributed by atoms with Crippen LogP contribution in [-0.4, -0.2) is 45.6 Å².